The molecule has 1 aromatic heterocycles. The molecule has 1 amide bonds. The van der Waals surface area contributed by atoms with Crippen LogP contribution in [0.15, 0.2) is 22.8 Å². The molecule has 2 heterocycles. The van der Waals surface area contributed by atoms with Crippen LogP contribution in [-0.2, 0) is 16.0 Å². The van der Waals surface area contributed by atoms with Gasteiger partial charge in [0, 0.05) is 32.1 Å². The van der Waals surface area contributed by atoms with Crippen molar-refractivity contribution in [1.82, 2.24) is 10.2 Å². The van der Waals surface area contributed by atoms with Gasteiger partial charge in [0.25, 0.3) is 0 Å². The van der Waals surface area contributed by atoms with Gasteiger partial charge in [-0.25, -0.2) is 0 Å². The number of ether oxygens (including phenoxy) is 1. The predicted molar refractivity (Wildman–Crippen MR) is 76.5 cm³/mol. The van der Waals surface area contributed by atoms with Crippen LogP contribution in [0.5, 0.6) is 0 Å². The number of rotatable bonds is 6. The average molecular weight is 280 g/mol. The molecule has 0 saturated carbocycles. The molecule has 2 rings (SSSR count). The summed E-state index contributed by atoms with van der Waals surface area (Å²) in [4.78, 5) is 14.2. The number of nitrogens with one attached hydrogen (secondary N) is 1. The fourth-order valence-electron chi connectivity index (χ4n) is 2.39. The third-order valence-electron chi connectivity index (χ3n) is 3.59. The number of amides is 1. The van der Waals surface area contributed by atoms with Gasteiger partial charge in [-0.3, -0.25) is 9.69 Å². The summed E-state index contributed by atoms with van der Waals surface area (Å²) >= 11 is 0. The SMILES string of the molecule is CC(C)N1CCO[C@H](CC(=O)NCCc2ccco2)C1. The Hall–Kier alpha value is -1.33. The van der Waals surface area contributed by atoms with Gasteiger partial charge >= 0.3 is 0 Å². The Balaban J connectivity index is 1.66. The van der Waals surface area contributed by atoms with Gasteiger partial charge in [0.1, 0.15) is 5.76 Å². The zero-order valence-corrected chi connectivity index (χ0v) is 12.3. The summed E-state index contributed by atoms with van der Waals surface area (Å²) in [6.07, 6.45) is 2.81. The maximum absolute atomic E-state index is 11.9. The van der Waals surface area contributed by atoms with Crippen LogP contribution in [0.25, 0.3) is 0 Å². The molecular formula is C15H24N2O3. The number of furan rings is 1. The molecule has 0 radical (unpaired) electrons. The number of carbonyl (C=O) groups excluding carboxylic acids is 1. The second-order valence-electron chi connectivity index (χ2n) is 5.46. The average Bonchev–Trinajstić information content (AvgIpc) is 2.92. The van der Waals surface area contributed by atoms with E-state index in [1.807, 2.05) is 12.1 Å². The molecular weight excluding hydrogens is 256 g/mol. The van der Waals surface area contributed by atoms with Crippen LogP contribution in [0.3, 0.4) is 0 Å². The Morgan fingerprint density at radius 2 is 2.40 bits per heavy atom. The van der Waals surface area contributed by atoms with Gasteiger partial charge in [0.15, 0.2) is 0 Å². The van der Waals surface area contributed by atoms with E-state index in [2.05, 4.69) is 24.1 Å². The molecule has 1 saturated heterocycles. The van der Waals surface area contributed by atoms with Crippen LogP contribution >= 0.6 is 0 Å². The van der Waals surface area contributed by atoms with Crippen LogP contribution in [0.4, 0.5) is 0 Å². The third kappa shape index (κ3) is 4.65. The number of nitrogens with zero attached hydrogens (tertiary/aromatic N) is 1. The fourth-order valence-corrected chi connectivity index (χ4v) is 2.39. The van der Waals surface area contributed by atoms with E-state index in [4.69, 9.17) is 9.15 Å². The molecule has 1 fully saturated rings. The standard InChI is InChI=1S/C15H24N2O3/c1-12(2)17-7-9-20-14(11-17)10-15(18)16-6-5-13-4-3-8-19-13/h3-4,8,12,14H,5-7,9-11H2,1-2H3,(H,16,18)/t14-/m1/s1. The van der Waals surface area contributed by atoms with E-state index in [9.17, 15) is 4.79 Å². The summed E-state index contributed by atoms with van der Waals surface area (Å²) in [6.45, 7) is 7.45. The molecule has 0 bridgehead atoms. The number of hydrogen-bond donors (Lipinski definition) is 1. The molecule has 5 heteroatoms. The molecule has 112 valence electrons. The lowest BCUT2D eigenvalue weighted by molar-refractivity contribution is -0.126. The van der Waals surface area contributed by atoms with Gasteiger partial charge in [0.05, 0.1) is 25.4 Å². The zero-order chi connectivity index (χ0) is 14.4. The van der Waals surface area contributed by atoms with Crippen molar-refractivity contribution in [3.8, 4) is 0 Å². The van der Waals surface area contributed by atoms with Gasteiger partial charge in [-0.2, -0.15) is 0 Å². The highest BCUT2D eigenvalue weighted by Gasteiger charge is 2.24. The fraction of sp³-hybridized carbons (Fsp3) is 0.667. The van der Waals surface area contributed by atoms with E-state index in [0.717, 1.165) is 25.3 Å². The monoisotopic (exact) mass is 280 g/mol. The van der Waals surface area contributed by atoms with Gasteiger partial charge < -0.3 is 14.5 Å². The van der Waals surface area contributed by atoms with Gasteiger partial charge in [-0.15, -0.1) is 0 Å². The Morgan fingerprint density at radius 1 is 1.55 bits per heavy atom. The molecule has 1 atom stereocenters. The van der Waals surface area contributed by atoms with Crippen molar-refractivity contribution in [2.24, 2.45) is 0 Å². The number of hydrogen-bond acceptors (Lipinski definition) is 4. The van der Waals surface area contributed by atoms with Crippen LogP contribution < -0.4 is 5.32 Å². The van der Waals surface area contributed by atoms with Crippen molar-refractivity contribution >= 4 is 5.91 Å². The second-order valence-corrected chi connectivity index (χ2v) is 5.46. The smallest absolute Gasteiger partial charge is 0.222 e. The van der Waals surface area contributed by atoms with Crippen molar-refractivity contribution in [2.45, 2.75) is 38.8 Å². The van der Waals surface area contributed by atoms with Gasteiger partial charge in [-0.05, 0) is 26.0 Å². The van der Waals surface area contributed by atoms with Crippen LogP contribution in [0.2, 0.25) is 0 Å². The Morgan fingerprint density at radius 3 is 3.10 bits per heavy atom. The molecule has 20 heavy (non-hydrogen) atoms. The van der Waals surface area contributed by atoms with Gasteiger partial charge in [-0.1, -0.05) is 0 Å². The van der Waals surface area contributed by atoms with E-state index in [-0.39, 0.29) is 12.0 Å². The first-order valence-corrected chi connectivity index (χ1v) is 7.30. The normalized spacial score (nSPS) is 20.2. The third-order valence-corrected chi connectivity index (χ3v) is 3.59. The van der Waals surface area contributed by atoms with Crippen LogP contribution in [0.1, 0.15) is 26.0 Å². The predicted octanol–water partition coefficient (Wildman–Crippen LogP) is 1.44. The first-order chi connectivity index (χ1) is 9.65. The molecule has 1 aliphatic heterocycles. The molecule has 0 spiro atoms. The van der Waals surface area contributed by atoms with E-state index in [0.29, 0.717) is 25.6 Å². The minimum Gasteiger partial charge on any atom is -0.469 e. The minimum atomic E-state index is 0.00904. The van der Waals surface area contributed by atoms with E-state index in [1.165, 1.54) is 0 Å². The number of morpholine rings is 1. The molecule has 5 nitrogen and oxygen atoms in total. The van der Waals surface area contributed by atoms with Crippen LogP contribution in [-0.4, -0.2) is 49.2 Å². The molecule has 0 aliphatic carbocycles. The largest absolute Gasteiger partial charge is 0.469 e. The zero-order valence-electron chi connectivity index (χ0n) is 12.3. The van der Waals surface area contributed by atoms with E-state index < -0.39 is 0 Å². The lowest BCUT2D eigenvalue weighted by Crippen LogP contribution is -2.47. The molecule has 0 unspecified atom stereocenters. The quantitative estimate of drug-likeness (QED) is 0.856. The summed E-state index contributed by atoms with van der Waals surface area (Å²) < 4.78 is 10.9. The van der Waals surface area contributed by atoms with Crippen molar-refractivity contribution in [3.63, 3.8) is 0 Å². The lowest BCUT2D eigenvalue weighted by Gasteiger charge is -2.35. The van der Waals surface area contributed by atoms with Crippen LogP contribution in [0, 0.1) is 0 Å². The summed E-state index contributed by atoms with van der Waals surface area (Å²) in [5.74, 6) is 0.942. The molecule has 1 aliphatic rings. The molecule has 1 N–H and O–H groups in total. The van der Waals surface area contributed by atoms with E-state index in [1.54, 1.807) is 6.26 Å². The minimum absolute atomic E-state index is 0.00904. The Labute approximate surface area is 120 Å². The van der Waals surface area contributed by atoms with Crippen molar-refractivity contribution in [3.05, 3.63) is 24.2 Å². The summed E-state index contributed by atoms with van der Waals surface area (Å²) in [5, 5.41) is 2.91. The van der Waals surface area contributed by atoms with Crippen molar-refractivity contribution in [2.75, 3.05) is 26.2 Å². The van der Waals surface area contributed by atoms with Crippen molar-refractivity contribution in [1.29, 1.82) is 0 Å². The highest BCUT2D eigenvalue weighted by molar-refractivity contribution is 5.76. The molecule has 1 aromatic rings. The highest BCUT2D eigenvalue weighted by Crippen LogP contribution is 2.11. The summed E-state index contributed by atoms with van der Waals surface area (Å²) in [7, 11) is 0. The number of carbonyl (C=O) groups is 1. The van der Waals surface area contributed by atoms with Crippen molar-refractivity contribution < 1.29 is 13.9 Å². The maximum atomic E-state index is 11.9. The Bertz CT molecular complexity index is 403. The maximum Gasteiger partial charge on any atom is 0.222 e. The second kappa shape index (κ2) is 7.45. The van der Waals surface area contributed by atoms with E-state index >= 15 is 0 Å². The summed E-state index contributed by atoms with van der Waals surface area (Å²) in [6, 6.07) is 4.27. The van der Waals surface area contributed by atoms with Gasteiger partial charge in [0.2, 0.25) is 5.91 Å². The topological polar surface area (TPSA) is 54.7 Å². The first-order valence-electron chi connectivity index (χ1n) is 7.30. The summed E-state index contributed by atoms with van der Waals surface area (Å²) in [5.41, 5.74) is 0. The lowest BCUT2D eigenvalue weighted by atomic mass is 10.1. The molecule has 0 aromatic carbocycles. The first kappa shape index (κ1) is 15.1. The highest BCUT2D eigenvalue weighted by atomic mass is 16.5. The Kier molecular flexibility index (Phi) is 5.61.